The molecular weight excluding hydrogens is 472 g/mol. The van der Waals surface area contributed by atoms with Crippen molar-refractivity contribution in [3.8, 4) is 5.75 Å². The van der Waals surface area contributed by atoms with Gasteiger partial charge in [0.25, 0.3) is 5.91 Å². The van der Waals surface area contributed by atoms with Gasteiger partial charge in [0.2, 0.25) is 0 Å². The van der Waals surface area contributed by atoms with E-state index in [1.807, 2.05) is 0 Å². The Morgan fingerprint density at radius 2 is 1.73 bits per heavy atom. The third-order valence-electron chi connectivity index (χ3n) is 7.03. The minimum Gasteiger partial charge on any atom is -0.491 e. The summed E-state index contributed by atoms with van der Waals surface area (Å²) in [6, 6.07) is 13.3. The fraction of sp³-hybridized carbons (Fsp3) is 0.517. The highest BCUT2D eigenvalue weighted by atomic mass is 16.5. The zero-order valence-electron chi connectivity index (χ0n) is 21.8. The van der Waals surface area contributed by atoms with Gasteiger partial charge in [-0.05, 0) is 53.6 Å². The maximum absolute atomic E-state index is 12.9. The number of hydrogen-bond donors (Lipinski definition) is 2. The molecule has 0 aromatic heterocycles. The number of hydrogen-bond acceptors (Lipinski definition) is 6. The lowest BCUT2D eigenvalue weighted by atomic mass is 9.98. The topological polar surface area (TPSA) is 97.3 Å². The smallest absolute Gasteiger partial charge is 0.326 e. The van der Waals surface area contributed by atoms with Crippen LogP contribution in [0.25, 0.3) is 0 Å². The minimum atomic E-state index is -1.04. The molecule has 2 bridgehead atoms. The molecule has 4 rings (SSSR count). The summed E-state index contributed by atoms with van der Waals surface area (Å²) in [5, 5.41) is 12.1. The second-order valence-electron chi connectivity index (χ2n) is 10.1. The molecular formula is C29H38N2O6. The molecule has 37 heavy (non-hydrogen) atoms. The van der Waals surface area contributed by atoms with E-state index in [1.54, 1.807) is 32.0 Å². The van der Waals surface area contributed by atoms with Crippen molar-refractivity contribution in [2.75, 3.05) is 39.6 Å². The van der Waals surface area contributed by atoms with E-state index in [9.17, 15) is 14.7 Å². The maximum atomic E-state index is 12.9. The third kappa shape index (κ3) is 7.53. The number of nitrogens with one attached hydrogen (secondary N) is 1. The average Bonchev–Trinajstić information content (AvgIpc) is 2.89. The van der Waals surface area contributed by atoms with E-state index in [-0.39, 0.29) is 5.92 Å². The van der Waals surface area contributed by atoms with Crippen LogP contribution in [-0.4, -0.2) is 73.5 Å². The Balaban J connectivity index is 1.58. The molecule has 0 saturated carbocycles. The second kappa shape index (κ2) is 13.0. The molecule has 8 heteroatoms. The number of rotatable bonds is 5. The largest absolute Gasteiger partial charge is 0.491 e. The first-order chi connectivity index (χ1) is 17.9. The van der Waals surface area contributed by atoms with E-state index in [0.29, 0.717) is 43.6 Å². The molecule has 0 aliphatic carbocycles. The molecule has 2 aliphatic rings. The molecule has 0 spiro atoms. The van der Waals surface area contributed by atoms with Gasteiger partial charge in [-0.3, -0.25) is 9.69 Å². The van der Waals surface area contributed by atoms with Gasteiger partial charge in [-0.2, -0.15) is 0 Å². The second-order valence-corrected chi connectivity index (χ2v) is 10.1. The summed E-state index contributed by atoms with van der Waals surface area (Å²) in [4.78, 5) is 27.0. The summed E-state index contributed by atoms with van der Waals surface area (Å²) in [7, 11) is 0. The standard InChI is InChI=1S/C29H38N2O6/c1-20(2)27(29(33)34)30-28(32)23-6-7-26-24(18-23)17-21-4-3-5-22(16-21)19-31(10-13-36-14-15-37-26)25-8-11-35-12-9-25/h3-7,16,18,20,25,27H,8-15,17,19H2,1-2H3,(H,30,32)(H,33,34). The lowest BCUT2D eigenvalue weighted by Crippen LogP contribution is -2.44. The highest BCUT2D eigenvalue weighted by Crippen LogP contribution is 2.25. The molecule has 1 atom stereocenters. The molecule has 2 heterocycles. The van der Waals surface area contributed by atoms with Crippen molar-refractivity contribution >= 4 is 11.9 Å². The van der Waals surface area contributed by atoms with Crippen LogP contribution in [0, 0.1) is 5.92 Å². The summed E-state index contributed by atoms with van der Waals surface area (Å²) in [5.41, 5.74) is 3.65. The Kier molecular flexibility index (Phi) is 9.55. The number of benzene rings is 2. The number of carbonyl (C=O) groups excluding carboxylic acids is 1. The number of nitrogens with zero attached hydrogens (tertiary/aromatic N) is 1. The average molecular weight is 511 g/mol. The highest BCUT2D eigenvalue weighted by molar-refractivity contribution is 5.97. The fourth-order valence-corrected chi connectivity index (χ4v) is 4.97. The quantitative estimate of drug-likeness (QED) is 0.635. The van der Waals surface area contributed by atoms with Gasteiger partial charge in [0.1, 0.15) is 18.4 Å². The molecule has 2 aromatic carbocycles. The van der Waals surface area contributed by atoms with Crippen LogP contribution in [0.4, 0.5) is 0 Å². The van der Waals surface area contributed by atoms with Crippen molar-refractivity contribution < 1.29 is 28.9 Å². The molecule has 1 unspecified atom stereocenters. The zero-order valence-corrected chi connectivity index (χ0v) is 21.8. The lowest BCUT2D eigenvalue weighted by molar-refractivity contribution is -0.140. The molecule has 8 nitrogen and oxygen atoms in total. The Morgan fingerprint density at radius 1 is 0.973 bits per heavy atom. The van der Waals surface area contributed by atoms with Crippen LogP contribution in [0.1, 0.15) is 53.7 Å². The molecule has 2 aromatic rings. The SMILES string of the molecule is CC(C)C(NC(=O)c1ccc2c(c1)Cc1cccc(c1)CN(C1CCOCC1)CCOCCO2)C(=O)O. The summed E-state index contributed by atoms with van der Waals surface area (Å²) in [6.07, 6.45) is 2.65. The van der Waals surface area contributed by atoms with Gasteiger partial charge in [-0.15, -0.1) is 0 Å². The number of carbonyl (C=O) groups is 2. The van der Waals surface area contributed by atoms with E-state index >= 15 is 0 Å². The lowest BCUT2D eigenvalue weighted by Gasteiger charge is -2.34. The number of aliphatic carboxylic acids is 1. The first kappa shape index (κ1) is 27.1. The van der Waals surface area contributed by atoms with Crippen LogP contribution in [0.5, 0.6) is 5.75 Å². The van der Waals surface area contributed by atoms with E-state index < -0.39 is 17.9 Å². The third-order valence-corrected chi connectivity index (χ3v) is 7.03. The monoisotopic (exact) mass is 510 g/mol. The highest BCUT2D eigenvalue weighted by Gasteiger charge is 2.25. The van der Waals surface area contributed by atoms with Crippen LogP contribution in [0.15, 0.2) is 42.5 Å². The Labute approximate surface area is 218 Å². The zero-order chi connectivity index (χ0) is 26.2. The first-order valence-electron chi connectivity index (χ1n) is 13.2. The molecule has 200 valence electrons. The van der Waals surface area contributed by atoms with Crippen LogP contribution < -0.4 is 10.1 Å². The summed E-state index contributed by atoms with van der Waals surface area (Å²) >= 11 is 0. The number of fused-ring (bicyclic) bond motifs is 3. The molecule has 2 aliphatic heterocycles. The maximum Gasteiger partial charge on any atom is 0.326 e. The summed E-state index contributed by atoms with van der Waals surface area (Å²) in [6.45, 7) is 8.36. The van der Waals surface area contributed by atoms with E-state index in [2.05, 4.69) is 34.5 Å². The Bertz CT molecular complexity index is 1070. The predicted octanol–water partition coefficient (Wildman–Crippen LogP) is 3.51. The van der Waals surface area contributed by atoms with E-state index in [0.717, 1.165) is 50.3 Å². The number of carboxylic acid groups (broad SMARTS) is 1. The van der Waals surface area contributed by atoms with Crippen LogP contribution in [0.2, 0.25) is 0 Å². The first-order valence-corrected chi connectivity index (χ1v) is 13.2. The van der Waals surface area contributed by atoms with Gasteiger partial charge < -0.3 is 24.6 Å². The summed E-state index contributed by atoms with van der Waals surface area (Å²) in [5.74, 6) is -0.986. The van der Waals surface area contributed by atoms with E-state index in [4.69, 9.17) is 14.2 Å². The number of carboxylic acids is 1. The molecule has 0 radical (unpaired) electrons. The summed E-state index contributed by atoms with van der Waals surface area (Å²) < 4.78 is 17.5. The fourth-order valence-electron chi connectivity index (χ4n) is 4.97. The minimum absolute atomic E-state index is 0.231. The number of amides is 1. The van der Waals surface area contributed by atoms with Crippen LogP contribution in [-0.2, 0) is 27.2 Å². The molecule has 1 amide bonds. The van der Waals surface area contributed by atoms with Gasteiger partial charge in [0, 0.05) is 44.3 Å². The van der Waals surface area contributed by atoms with Gasteiger partial charge in [-0.25, -0.2) is 4.79 Å². The van der Waals surface area contributed by atoms with Crippen molar-refractivity contribution in [1.82, 2.24) is 10.2 Å². The van der Waals surface area contributed by atoms with Crippen molar-refractivity contribution in [2.45, 2.75) is 51.7 Å². The van der Waals surface area contributed by atoms with E-state index in [1.165, 1.54) is 5.56 Å². The van der Waals surface area contributed by atoms with Crippen LogP contribution >= 0.6 is 0 Å². The van der Waals surface area contributed by atoms with Gasteiger partial charge >= 0.3 is 5.97 Å². The molecule has 2 N–H and O–H groups in total. The normalized spacial score (nSPS) is 18.8. The molecule has 1 saturated heterocycles. The number of ether oxygens (including phenoxy) is 3. The Morgan fingerprint density at radius 3 is 2.49 bits per heavy atom. The van der Waals surface area contributed by atoms with Crippen LogP contribution in [0.3, 0.4) is 0 Å². The van der Waals surface area contributed by atoms with Gasteiger partial charge in [-0.1, -0.05) is 38.1 Å². The van der Waals surface area contributed by atoms with Crippen molar-refractivity contribution in [1.29, 1.82) is 0 Å². The van der Waals surface area contributed by atoms with Crippen molar-refractivity contribution in [2.24, 2.45) is 5.92 Å². The van der Waals surface area contributed by atoms with Crippen molar-refractivity contribution in [3.63, 3.8) is 0 Å². The van der Waals surface area contributed by atoms with Gasteiger partial charge in [0.05, 0.1) is 13.2 Å². The van der Waals surface area contributed by atoms with Gasteiger partial charge in [0.15, 0.2) is 0 Å². The predicted molar refractivity (Wildman–Crippen MR) is 140 cm³/mol. The Hall–Kier alpha value is -2.94. The molecule has 1 fully saturated rings. The van der Waals surface area contributed by atoms with Crippen molar-refractivity contribution in [3.05, 3.63) is 64.7 Å².